The number of carboxylic acid groups (broad SMARTS) is 3. The van der Waals surface area contributed by atoms with Crippen molar-refractivity contribution >= 4 is 80.6 Å². The third-order valence-corrected chi connectivity index (χ3v) is 13.4. The number of benzene rings is 6. The molecule has 18 heteroatoms. The molecule has 1 atom stereocenters. The number of nitrogens with one attached hydrogen (secondary N) is 2. The summed E-state index contributed by atoms with van der Waals surface area (Å²) in [6.45, 7) is -0.199. The number of hydrogen-bond acceptors (Lipinski definition) is 10. The molecule has 2 aliphatic heterocycles. The molecule has 0 aromatic heterocycles. The van der Waals surface area contributed by atoms with Crippen molar-refractivity contribution in [1.29, 1.82) is 0 Å². The van der Waals surface area contributed by atoms with E-state index in [-0.39, 0.29) is 90.7 Å². The first kappa shape index (κ1) is 49.3. The first-order valence-electron chi connectivity index (χ1n) is 22.5. The average Bonchev–Trinajstić information content (AvgIpc) is 3.36. The molecule has 5 aliphatic rings. The maximum absolute atomic E-state index is 13.8. The van der Waals surface area contributed by atoms with Crippen molar-refractivity contribution in [3.05, 3.63) is 168 Å². The molecule has 368 valence electrons. The van der Waals surface area contributed by atoms with E-state index in [0.29, 0.717) is 50.8 Å². The molecule has 0 saturated carbocycles. The number of halogens is 2. The van der Waals surface area contributed by atoms with Crippen molar-refractivity contribution in [3.8, 4) is 50.7 Å². The van der Waals surface area contributed by atoms with Crippen LogP contribution in [0.4, 0.5) is 5.69 Å². The summed E-state index contributed by atoms with van der Waals surface area (Å²) < 4.78 is 14.5. The van der Waals surface area contributed by atoms with Gasteiger partial charge >= 0.3 is 17.9 Å². The first-order chi connectivity index (χ1) is 34.8. The third-order valence-electron chi connectivity index (χ3n) is 12.8. The standard InChI is InChI=1S/C55H42Cl2N4O12/c1-60(2)29-10-14-34-42(20-29)72-43-21-30(61(3)4)11-15-35(43)46(34)47-40(56)23-38(49(57)48(47)55(70)71)52(65)58-24-26-5-7-27(8-6-26)51(64)59-25-39-41(63)18-17-36-45(33-16-12-31(62)22-44(33)73-50(36)39)32-13-9-28(53(66)67)19-37(32)54(68)69/h5,7-23,26H,6,24-25H2,1-4H3,(H5-,58,59,62,63,64,65,66,67,68,69,70,71)/p+1. The Kier molecular flexibility index (Phi) is 13.1. The number of phenolic OH excluding ortho intramolecular Hbond substituents is 1. The van der Waals surface area contributed by atoms with E-state index in [4.69, 9.17) is 32.0 Å². The summed E-state index contributed by atoms with van der Waals surface area (Å²) in [5, 5.41) is 48.5. The number of aromatic hydroxyl groups is 1. The SMILES string of the molecule is CN(C)c1ccc2c(-c3c(Cl)cc(C(=O)NCC4C=CC(C(=O)NCc5c(O)ccc6c(-c7ccc(C(=O)O)cc7C(=O)O)c7ccc(=O)cc-7oc56)=CC4)c(Cl)c3C(=O)O)c3ccc(=[N+](C)C)cc-3oc2c1. The van der Waals surface area contributed by atoms with E-state index < -0.39 is 35.2 Å². The van der Waals surface area contributed by atoms with Gasteiger partial charge in [-0.3, -0.25) is 14.4 Å². The maximum Gasteiger partial charge on any atom is 0.337 e. The normalized spacial score (nSPS) is 13.3. The number of nitrogens with zero attached hydrogens (tertiary/aromatic N) is 2. The Bertz CT molecular complexity index is 3830. The van der Waals surface area contributed by atoms with Gasteiger partial charge in [-0.25, -0.2) is 19.0 Å². The van der Waals surface area contributed by atoms with Crippen molar-refractivity contribution in [2.45, 2.75) is 13.0 Å². The fourth-order valence-corrected chi connectivity index (χ4v) is 9.63. The van der Waals surface area contributed by atoms with Crippen molar-refractivity contribution < 1.29 is 53.2 Å². The lowest BCUT2D eigenvalue weighted by Crippen LogP contribution is -2.30. The van der Waals surface area contributed by atoms with Crippen LogP contribution in [0.15, 0.2) is 128 Å². The smallest absolute Gasteiger partial charge is 0.337 e. The number of carbonyl (C=O) groups excluding carboxylic acids is 2. The molecule has 6 N–H and O–H groups in total. The topological polar surface area (TPSA) is 240 Å². The first-order valence-corrected chi connectivity index (χ1v) is 23.3. The van der Waals surface area contributed by atoms with Gasteiger partial charge in [-0.2, -0.15) is 0 Å². The number of fused-ring (bicyclic) bond motifs is 4. The molecule has 2 amide bonds. The number of carboxylic acids is 3. The second kappa shape index (κ2) is 19.5. The molecule has 0 fully saturated rings. The van der Waals surface area contributed by atoms with Crippen molar-refractivity contribution in [3.63, 3.8) is 0 Å². The van der Waals surface area contributed by atoms with Gasteiger partial charge in [0.05, 0.1) is 50.5 Å². The second-order valence-electron chi connectivity index (χ2n) is 17.8. The van der Waals surface area contributed by atoms with Gasteiger partial charge in [0, 0.05) is 88.7 Å². The molecular weight excluding hydrogens is 980 g/mol. The van der Waals surface area contributed by atoms with Gasteiger partial charge in [0.2, 0.25) is 5.36 Å². The summed E-state index contributed by atoms with van der Waals surface area (Å²) in [4.78, 5) is 79.2. The number of aromatic carboxylic acids is 3. The largest absolute Gasteiger partial charge is 0.507 e. The van der Waals surface area contributed by atoms with E-state index in [2.05, 4.69) is 10.6 Å². The lowest BCUT2D eigenvalue weighted by Gasteiger charge is -2.21. The highest BCUT2D eigenvalue weighted by Crippen LogP contribution is 2.48. The summed E-state index contributed by atoms with van der Waals surface area (Å²) in [6.07, 6.45) is 5.28. The lowest BCUT2D eigenvalue weighted by atomic mass is 9.89. The minimum atomic E-state index is -1.40. The Balaban J connectivity index is 0.947. The molecule has 0 radical (unpaired) electrons. The van der Waals surface area contributed by atoms with Crippen molar-refractivity contribution in [2.75, 3.05) is 39.6 Å². The van der Waals surface area contributed by atoms with Gasteiger partial charge in [0.25, 0.3) is 11.8 Å². The van der Waals surface area contributed by atoms with Gasteiger partial charge in [-0.1, -0.05) is 47.5 Å². The average molecular weight is 1020 g/mol. The zero-order valence-corrected chi connectivity index (χ0v) is 40.8. The monoisotopic (exact) mass is 1020 g/mol. The minimum Gasteiger partial charge on any atom is -0.507 e. The quantitative estimate of drug-likeness (QED) is 0.0496. The van der Waals surface area contributed by atoms with Crippen LogP contribution >= 0.6 is 23.2 Å². The van der Waals surface area contributed by atoms with Crippen LogP contribution in [-0.2, 0) is 11.3 Å². The molecular formula is C55H43Cl2N4O12+. The third kappa shape index (κ3) is 9.25. The Labute approximate surface area is 424 Å². The number of amides is 2. The predicted molar refractivity (Wildman–Crippen MR) is 276 cm³/mol. The van der Waals surface area contributed by atoms with Crippen LogP contribution in [0.2, 0.25) is 10.0 Å². The number of anilines is 1. The molecule has 3 aliphatic carbocycles. The Morgan fingerprint density at radius 1 is 0.726 bits per heavy atom. The Morgan fingerprint density at radius 2 is 1.44 bits per heavy atom. The zero-order valence-electron chi connectivity index (χ0n) is 39.3. The molecule has 2 heterocycles. The van der Waals surface area contributed by atoms with Crippen LogP contribution in [0.3, 0.4) is 0 Å². The number of rotatable bonds is 12. The van der Waals surface area contributed by atoms with Gasteiger partial charge in [-0.05, 0) is 78.6 Å². The molecule has 0 saturated heterocycles. The Hall–Kier alpha value is -8.73. The summed E-state index contributed by atoms with van der Waals surface area (Å²) in [6, 6.07) is 22.9. The number of hydrogen-bond donors (Lipinski definition) is 6. The predicted octanol–water partition coefficient (Wildman–Crippen LogP) is 8.84. The Morgan fingerprint density at radius 3 is 2.12 bits per heavy atom. The van der Waals surface area contributed by atoms with E-state index in [1.165, 1.54) is 48.5 Å². The van der Waals surface area contributed by atoms with Crippen LogP contribution < -0.4 is 30.9 Å². The molecule has 1 unspecified atom stereocenters. The molecule has 4 aromatic rings. The highest BCUT2D eigenvalue weighted by molar-refractivity contribution is 6.41. The van der Waals surface area contributed by atoms with Gasteiger partial charge in [-0.15, -0.1) is 0 Å². The number of phenols is 1. The molecule has 0 spiro atoms. The van der Waals surface area contributed by atoms with E-state index in [1.807, 2.05) is 74.1 Å². The van der Waals surface area contributed by atoms with E-state index in [0.717, 1.165) is 17.1 Å². The van der Waals surface area contributed by atoms with Crippen LogP contribution in [0.1, 0.15) is 53.4 Å². The van der Waals surface area contributed by atoms with Crippen LogP contribution in [0.5, 0.6) is 5.75 Å². The minimum absolute atomic E-state index is 0.0271. The lowest BCUT2D eigenvalue weighted by molar-refractivity contribution is -0.117. The van der Waals surface area contributed by atoms with Crippen molar-refractivity contribution in [2.24, 2.45) is 5.92 Å². The summed E-state index contributed by atoms with van der Waals surface area (Å²) in [7, 11) is 7.55. The highest BCUT2D eigenvalue weighted by atomic mass is 35.5. The second-order valence-corrected chi connectivity index (χ2v) is 18.5. The van der Waals surface area contributed by atoms with E-state index in [9.17, 15) is 49.2 Å². The molecule has 4 aromatic carbocycles. The van der Waals surface area contributed by atoms with Gasteiger partial charge in [0.1, 0.15) is 42.5 Å². The fraction of sp³-hybridized carbons (Fsp3) is 0.145. The number of allylic oxidation sites excluding steroid dienone is 1. The van der Waals surface area contributed by atoms with Crippen LogP contribution in [-0.4, -0.2) is 84.9 Å². The van der Waals surface area contributed by atoms with Gasteiger partial charge in [0.15, 0.2) is 5.43 Å². The van der Waals surface area contributed by atoms with Crippen molar-refractivity contribution in [1.82, 2.24) is 15.2 Å². The molecule has 0 bridgehead atoms. The van der Waals surface area contributed by atoms with Crippen LogP contribution in [0.25, 0.3) is 66.8 Å². The summed E-state index contributed by atoms with van der Waals surface area (Å²) in [5.41, 5.74) is 2.13. The molecule has 9 rings (SSSR count). The van der Waals surface area contributed by atoms with E-state index in [1.54, 1.807) is 18.2 Å². The summed E-state index contributed by atoms with van der Waals surface area (Å²) >= 11 is 13.9. The summed E-state index contributed by atoms with van der Waals surface area (Å²) in [5.74, 6) is -5.38. The van der Waals surface area contributed by atoms with E-state index >= 15 is 0 Å². The molecule has 73 heavy (non-hydrogen) atoms. The van der Waals surface area contributed by atoms with Gasteiger partial charge < -0.3 is 44.8 Å². The zero-order chi connectivity index (χ0) is 52.2. The fourth-order valence-electron chi connectivity index (χ4n) is 9.02. The molecule has 16 nitrogen and oxygen atoms in total. The van der Waals surface area contributed by atoms with Crippen LogP contribution in [0, 0.1) is 5.92 Å². The maximum atomic E-state index is 13.8. The highest BCUT2D eigenvalue weighted by Gasteiger charge is 2.31. The number of carbonyl (C=O) groups is 5.